The Balaban J connectivity index is 2.02. The highest BCUT2D eigenvalue weighted by Crippen LogP contribution is 2.24. The molecule has 0 bridgehead atoms. The van der Waals surface area contributed by atoms with Crippen LogP contribution < -0.4 is 4.72 Å². The van der Waals surface area contributed by atoms with E-state index in [-0.39, 0.29) is 28.4 Å². The van der Waals surface area contributed by atoms with Crippen LogP contribution in [0.4, 0.5) is 0 Å². The predicted octanol–water partition coefficient (Wildman–Crippen LogP) is 4.93. The van der Waals surface area contributed by atoms with Crippen LogP contribution in [0.1, 0.15) is 54.4 Å². The second-order valence-corrected chi connectivity index (χ2v) is 9.39. The minimum atomic E-state index is -3.91. The highest BCUT2D eigenvalue weighted by atomic mass is 35.5. The fourth-order valence-corrected chi connectivity index (χ4v) is 4.44. The molecule has 0 atom stereocenters. The Morgan fingerprint density at radius 3 is 2.13 bits per heavy atom. The van der Waals surface area contributed by atoms with Crippen molar-refractivity contribution in [3.63, 3.8) is 0 Å². The van der Waals surface area contributed by atoms with Crippen LogP contribution >= 0.6 is 23.2 Å². The Kier molecular flexibility index (Phi) is 9.30. The minimum absolute atomic E-state index is 0.00834. The number of hydrogen-bond donors (Lipinski definition) is 2. The molecule has 0 amide bonds. The maximum Gasteiger partial charge on any atom is 0.303 e. The SMILES string of the molecule is O=C(O)CCCCCCCNS(=O)(=O)c1ccc(Cl)cc1C(=O)c1ccc(Cl)cc1. The topological polar surface area (TPSA) is 101 Å². The summed E-state index contributed by atoms with van der Waals surface area (Å²) >= 11 is 11.9. The Hall–Kier alpha value is -1.93. The molecule has 2 N–H and O–H groups in total. The number of ketones is 1. The Morgan fingerprint density at radius 2 is 1.47 bits per heavy atom. The maximum atomic E-state index is 12.9. The predicted molar refractivity (Wildman–Crippen MR) is 117 cm³/mol. The summed E-state index contributed by atoms with van der Waals surface area (Å²) in [5, 5.41) is 9.33. The maximum absolute atomic E-state index is 12.9. The molecule has 0 aliphatic carbocycles. The fraction of sp³-hybridized carbons (Fsp3) is 0.333. The normalized spacial score (nSPS) is 11.4. The first-order valence-electron chi connectivity index (χ1n) is 9.52. The van der Waals surface area contributed by atoms with Crippen molar-refractivity contribution in [3.05, 3.63) is 63.6 Å². The Morgan fingerprint density at radius 1 is 0.867 bits per heavy atom. The molecule has 0 spiro atoms. The molecule has 30 heavy (non-hydrogen) atoms. The number of carbonyl (C=O) groups is 2. The molecule has 0 heterocycles. The number of sulfonamides is 1. The lowest BCUT2D eigenvalue weighted by Gasteiger charge is -2.12. The summed E-state index contributed by atoms with van der Waals surface area (Å²) in [6, 6.07) is 10.3. The summed E-state index contributed by atoms with van der Waals surface area (Å²) in [5.41, 5.74) is 0.297. The molecule has 0 aliphatic heterocycles. The van der Waals surface area contributed by atoms with Gasteiger partial charge in [-0.05, 0) is 55.3 Å². The summed E-state index contributed by atoms with van der Waals surface area (Å²) < 4.78 is 28.1. The first kappa shape index (κ1) is 24.3. The molecular formula is C21H23Cl2NO5S. The van der Waals surface area contributed by atoms with Crippen LogP contribution in [0.25, 0.3) is 0 Å². The molecule has 6 nitrogen and oxygen atoms in total. The van der Waals surface area contributed by atoms with E-state index in [1.807, 2.05) is 0 Å². The molecule has 2 rings (SSSR count). The van der Waals surface area contributed by atoms with Gasteiger partial charge in [-0.15, -0.1) is 0 Å². The molecule has 0 aromatic heterocycles. The highest BCUT2D eigenvalue weighted by Gasteiger charge is 2.23. The zero-order valence-corrected chi connectivity index (χ0v) is 18.6. The van der Waals surface area contributed by atoms with Gasteiger partial charge < -0.3 is 5.11 Å². The first-order valence-corrected chi connectivity index (χ1v) is 11.8. The van der Waals surface area contributed by atoms with Crippen LogP contribution in [0.5, 0.6) is 0 Å². The van der Waals surface area contributed by atoms with Crippen molar-refractivity contribution in [1.29, 1.82) is 0 Å². The van der Waals surface area contributed by atoms with Crippen LogP contribution in [0.15, 0.2) is 47.4 Å². The summed E-state index contributed by atoms with van der Waals surface area (Å²) in [4.78, 5) is 23.2. The van der Waals surface area contributed by atoms with Gasteiger partial charge in [-0.3, -0.25) is 9.59 Å². The van der Waals surface area contributed by atoms with E-state index in [2.05, 4.69) is 4.72 Å². The van der Waals surface area contributed by atoms with Gasteiger partial charge in [0.2, 0.25) is 10.0 Å². The zero-order chi connectivity index (χ0) is 22.1. The quantitative estimate of drug-likeness (QED) is 0.337. The summed E-state index contributed by atoms with van der Waals surface area (Å²) in [6.45, 7) is 0.221. The van der Waals surface area contributed by atoms with Crippen LogP contribution in [0, 0.1) is 0 Å². The van der Waals surface area contributed by atoms with E-state index in [1.165, 1.54) is 30.3 Å². The lowest BCUT2D eigenvalue weighted by Crippen LogP contribution is -2.26. The zero-order valence-electron chi connectivity index (χ0n) is 16.2. The van der Waals surface area contributed by atoms with E-state index >= 15 is 0 Å². The molecule has 0 saturated carbocycles. The van der Waals surface area contributed by atoms with Gasteiger partial charge in [-0.2, -0.15) is 0 Å². The molecule has 0 radical (unpaired) electrons. The van der Waals surface area contributed by atoms with E-state index in [0.29, 0.717) is 23.4 Å². The van der Waals surface area contributed by atoms with Gasteiger partial charge >= 0.3 is 5.97 Å². The average molecular weight is 472 g/mol. The summed E-state index contributed by atoms with van der Waals surface area (Å²) in [7, 11) is -3.91. The van der Waals surface area contributed by atoms with Crippen molar-refractivity contribution in [2.24, 2.45) is 0 Å². The van der Waals surface area contributed by atoms with Crippen molar-refractivity contribution >= 4 is 45.0 Å². The van der Waals surface area contributed by atoms with E-state index in [0.717, 1.165) is 19.3 Å². The highest BCUT2D eigenvalue weighted by molar-refractivity contribution is 7.89. The number of benzene rings is 2. The lowest BCUT2D eigenvalue weighted by atomic mass is 10.0. The van der Waals surface area contributed by atoms with Gasteiger partial charge in [-0.1, -0.05) is 42.5 Å². The molecule has 0 aliphatic rings. The van der Waals surface area contributed by atoms with Gasteiger partial charge in [0, 0.05) is 34.1 Å². The van der Waals surface area contributed by atoms with Crippen molar-refractivity contribution in [2.75, 3.05) is 6.54 Å². The van der Waals surface area contributed by atoms with Crippen molar-refractivity contribution in [1.82, 2.24) is 4.72 Å². The Bertz CT molecular complexity index is 991. The Labute approximate surface area is 186 Å². The van der Waals surface area contributed by atoms with E-state index in [1.54, 1.807) is 12.1 Å². The summed E-state index contributed by atoms with van der Waals surface area (Å²) in [6.07, 6.45) is 3.77. The molecule has 2 aromatic carbocycles. The molecule has 2 aromatic rings. The molecule has 0 fully saturated rings. The van der Waals surface area contributed by atoms with E-state index < -0.39 is 21.8 Å². The number of carboxylic acid groups (broad SMARTS) is 1. The number of carboxylic acids is 1. The third-order valence-electron chi connectivity index (χ3n) is 4.44. The van der Waals surface area contributed by atoms with E-state index in [9.17, 15) is 18.0 Å². The number of halogens is 2. The third-order valence-corrected chi connectivity index (χ3v) is 6.45. The molecular weight excluding hydrogens is 449 g/mol. The minimum Gasteiger partial charge on any atom is -0.481 e. The molecule has 162 valence electrons. The van der Waals surface area contributed by atoms with Crippen LogP contribution in [-0.2, 0) is 14.8 Å². The average Bonchev–Trinajstić information content (AvgIpc) is 2.69. The van der Waals surface area contributed by atoms with Gasteiger partial charge in [0.1, 0.15) is 0 Å². The summed E-state index contributed by atoms with van der Waals surface area (Å²) in [5.74, 6) is -1.28. The van der Waals surface area contributed by atoms with E-state index in [4.69, 9.17) is 28.3 Å². The second-order valence-electron chi connectivity index (χ2n) is 6.79. The lowest BCUT2D eigenvalue weighted by molar-refractivity contribution is -0.137. The van der Waals surface area contributed by atoms with Crippen LogP contribution in [-0.4, -0.2) is 31.8 Å². The first-order chi connectivity index (χ1) is 14.2. The number of hydrogen-bond acceptors (Lipinski definition) is 4. The van der Waals surface area contributed by atoms with Crippen LogP contribution in [0.2, 0.25) is 10.0 Å². The van der Waals surface area contributed by atoms with Gasteiger partial charge in [0.05, 0.1) is 4.90 Å². The number of carbonyl (C=O) groups excluding carboxylic acids is 1. The van der Waals surface area contributed by atoms with Crippen molar-refractivity contribution in [2.45, 2.75) is 43.4 Å². The van der Waals surface area contributed by atoms with Gasteiger partial charge in [-0.25, -0.2) is 13.1 Å². The molecule has 0 unspecified atom stereocenters. The molecule has 0 saturated heterocycles. The number of unbranched alkanes of at least 4 members (excludes halogenated alkanes) is 4. The van der Waals surface area contributed by atoms with Gasteiger partial charge in [0.15, 0.2) is 5.78 Å². The van der Waals surface area contributed by atoms with Crippen molar-refractivity contribution in [3.8, 4) is 0 Å². The molecule has 9 heteroatoms. The number of rotatable bonds is 12. The van der Waals surface area contributed by atoms with Gasteiger partial charge in [0.25, 0.3) is 0 Å². The second kappa shape index (κ2) is 11.5. The monoisotopic (exact) mass is 471 g/mol. The standard InChI is InChI=1S/C21H23Cl2NO5S/c22-16-9-7-15(8-10-16)21(27)18-14-17(23)11-12-19(18)30(28,29)24-13-5-3-1-2-4-6-20(25)26/h7-12,14,24H,1-6,13H2,(H,25,26). The fourth-order valence-electron chi connectivity index (χ4n) is 2.89. The largest absolute Gasteiger partial charge is 0.481 e. The number of nitrogens with one attached hydrogen (secondary N) is 1. The number of aliphatic carboxylic acids is 1. The van der Waals surface area contributed by atoms with Crippen molar-refractivity contribution < 1.29 is 23.1 Å². The third kappa shape index (κ3) is 7.40. The van der Waals surface area contributed by atoms with Crippen LogP contribution in [0.3, 0.4) is 0 Å². The smallest absolute Gasteiger partial charge is 0.303 e.